The monoisotopic (exact) mass is 261 g/mol. The number of ether oxygens (including phenoxy) is 1. The third-order valence-electron chi connectivity index (χ3n) is 2.26. The first-order valence-electron chi connectivity index (χ1n) is 4.45. The highest BCUT2D eigenvalue weighted by molar-refractivity contribution is 9.09. The van der Waals surface area contributed by atoms with E-state index in [1.54, 1.807) is 4.68 Å². The molecule has 1 saturated heterocycles. The fourth-order valence-corrected chi connectivity index (χ4v) is 2.05. The maximum Gasteiger partial charge on any atom is 0.245 e. The van der Waals surface area contributed by atoms with Crippen molar-refractivity contribution in [1.82, 2.24) is 20.2 Å². The Labute approximate surface area is 90.3 Å². The lowest BCUT2D eigenvalue weighted by Crippen LogP contribution is -2.47. The second-order valence-electron chi connectivity index (χ2n) is 3.18. The molecule has 1 atom stereocenters. The van der Waals surface area contributed by atoms with E-state index in [4.69, 9.17) is 4.74 Å². The number of halogens is 1. The van der Waals surface area contributed by atoms with Crippen LogP contribution in [0.5, 0.6) is 0 Å². The number of nitrogens with zero attached hydrogens (tertiary/aromatic N) is 5. The fourth-order valence-electron chi connectivity index (χ4n) is 1.51. The molecule has 0 N–H and O–H groups in total. The molecule has 14 heavy (non-hydrogen) atoms. The minimum absolute atomic E-state index is 0.313. The Morgan fingerprint density at radius 3 is 3.14 bits per heavy atom. The zero-order valence-corrected chi connectivity index (χ0v) is 9.51. The molecule has 1 aromatic rings. The van der Waals surface area contributed by atoms with Gasteiger partial charge in [-0.15, -0.1) is 0 Å². The van der Waals surface area contributed by atoms with Gasteiger partial charge in [0, 0.05) is 18.9 Å². The molecular formula is C7H12BrN5O. The quantitative estimate of drug-likeness (QED) is 0.691. The molecule has 2 rings (SSSR count). The van der Waals surface area contributed by atoms with E-state index >= 15 is 0 Å². The summed E-state index contributed by atoms with van der Waals surface area (Å²) in [5, 5.41) is 12.3. The van der Waals surface area contributed by atoms with Crippen molar-refractivity contribution in [3.63, 3.8) is 0 Å². The number of hydrogen-bond acceptors (Lipinski definition) is 5. The van der Waals surface area contributed by atoms with Gasteiger partial charge in [-0.1, -0.05) is 21.0 Å². The molecule has 0 spiro atoms. The highest BCUT2D eigenvalue weighted by atomic mass is 79.9. The van der Waals surface area contributed by atoms with Gasteiger partial charge in [0.15, 0.2) is 0 Å². The van der Waals surface area contributed by atoms with Gasteiger partial charge < -0.3 is 9.64 Å². The molecule has 1 aromatic heterocycles. The van der Waals surface area contributed by atoms with Crippen LogP contribution in [0.25, 0.3) is 0 Å². The molecule has 0 bridgehead atoms. The third-order valence-corrected chi connectivity index (χ3v) is 3.01. The lowest BCUT2D eigenvalue weighted by atomic mass is 10.3. The molecule has 1 aliphatic rings. The van der Waals surface area contributed by atoms with Gasteiger partial charge in [-0.3, -0.25) is 0 Å². The Kier molecular flexibility index (Phi) is 2.97. The van der Waals surface area contributed by atoms with Crippen LogP contribution in [0.3, 0.4) is 0 Å². The van der Waals surface area contributed by atoms with E-state index in [0.717, 1.165) is 31.0 Å². The number of aryl methyl sites for hydroxylation is 1. The van der Waals surface area contributed by atoms with E-state index in [1.165, 1.54) is 0 Å². The molecule has 78 valence electrons. The smallest absolute Gasteiger partial charge is 0.245 e. The average molecular weight is 262 g/mol. The van der Waals surface area contributed by atoms with Crippen LogP contribution in [-0.4, -0.2) is 51.3 Å². The first-order chi connectivity index (χ1) is 6.83. The van der Waals surface area contributed by atoms with Crippen molar-refractivity contribution in [2.24, 2.45) is 7.05 Å². The van der Waals surface area contributed by atoms with Crippen LogP contribution in [0.4, 0.5) is 5.95 Å². The summed E-state index contributed by atoms with van der Waals surface area (Å²) in [6.45, 7) is 2.29. The van der Waals surface area contributed by atoms with Crippen molar-refractivity contribution in [2.45, 2.75) is 6.04 Å². The molecule has 2 heterocycles. The highest BCUT2D eigenvalue weighted by Crippen LogP contribution is 2.16. The highest BCUT2D eigenvalue weighted by Gasteiger charge is 2.25. The van der Waals surface area contributed by atoms with Crippen molar-refractivity contribution in [3.8, 4) is 0 Å². The minimum Gasteiger partial charge on any atom is -0.377 e. The molecule has 1 fully saturated rings. The van der Waals surface area contributed by atoms with Crippen molar-refractivity contribution in [2.75, 3.05) is 30.0 Å². The largest absolute Gasteiger partial charge is 0.377 e. The molecule has 1 aliphatic heterocycles. The third kappa shape index (κ3) is 1.74. The van der Waals surface area contributed by atoms with Crippen molar-refractivity contribution < 1.29 is 4.74 Å². The van der Waals surface area contributed by atoms with Crippen LogP contribution < -0.4 is 4.90 Å². The van der Waals surface area contributed by atoms with Crippen molar-refractivity contribution in [3.05, 3.63) is 0 Å². The van der Waals surface area contributed by atoms with E-state index in [2.05, 4.69) is 36.4 Å². The molecule has 1 unspecified atom stereocenters. The first kappa shape index (κ1) is 9.85. The zero-order chi connectivity index (χ0) is 9.97. The van der Waals surface area contributed by atoms with Crippen LogP contribution >= 0.6 is 15.9 Å². The molecule has 6 nitrogen and oxygen atoms in total. The number of tetrazole rings is 1. The van der Waals surface area contributed by atoms with Gasteiger partial charge in [0.2, 0.25) is 5.95 Å². The predicted molar refractivity (Wildman–Crippen MR) is 54.5 cm³/mol. The maximum atomic E-state index is 5.39. The number of morpholine rings is 1. The molecule has 0 aromatic carbocycles. The van der Waals surface area contributed by atoms with Crippen molar-refractivity contribution in [1.29, 1.82) is 0 Å². The van der Waals surface area contributed by atoms with E-state index in [-0.39, 0.29) is 0 Å². The van der Waals surface area contributed by atoms with Crippen LogP contribution in [0.15, 0.2) is 0 Å². The number of rotatable bonds is 2. The lowest BCUT2D eigenvalue weighted by molar-refractivity contribution is 0.0992. The lowest BCUT2D eigenvalue weighted by Gasteiger charge is -2.34. The van der Waals surface area contributed by atoms with Gasteiger partial charge in [-0.25, -0.2) is 4.68 Å². The number of anilines is 1. The number of aromatic nitrogens is 4. The summed E-state index contributed by atoms with van der Waals surface area (Å²) in [6, 6.07) is 0.313. The minimum atomic E-state index is 0.313. The molecular weight excluding hydrogens is 250 g/mol. The summed E-state index contributed by atoms with van der Waals surface area (Å²) < 4.78 is 7.07. The number of alkyl halides is 1. The zero-order valence-electron chi connectivity index (χ0n) is 7.93. The summed E-state index contributed by atoms with van der Waals surface area (Å²) >= 11 is 3.46. The van der Waals surface area contributed by atoms with E-state index in [0.29, 0.717) is 6.04 Å². The summed E-state index contributed by atoms with van der Waals surface area (Å²) in [6.07, 6.45) is 0. The SMILES string of the molecule is Cn1nnnc1N1CCOCC1CBr. The van der Waals surface area contributed by atoms with Gasteiger partial charge in [-0.05, 0) is 10.4 Å². The van der Waals surface area contributed by atoms with E-state index < -0.39 is 0 Å². The van der Waals surface area contributed by atoms with E-state index in [1.807, 2.05) is 7.05 Å². The summed E-state index contributed by atoms with van der Waals surface area (Å²) in [5.74, 6) is 0.803. The molecule has 0 saturated carbocycles. The second kappa shape index (κ2) is 4.22. The molecule has 7 heteroatoms. The maximum absolute atomic E-state index is 5.39. The molecule has 0 aliphatic carbocycles. The Morgan fingerprint density at radius 2 is 2.50 bits per heavy atom. The second-order valence-corrected chi connectivity index (χ2v) is 3.83. The van der Waals surface area contributed by atoms with Gasteiger partial charge in [0.1, 0.15) is 0 Å². The summed E-state index contributed by atoms with van der Waals surface area (Å²) in [5.41, 5.74) is 0. The Bertz CT molecular complexity index is 304. The summed E-state index contributed by atoms with van der Waals surface area (Å²) in [4.78, 5) is 2.16. The topological polar surface area (TPSA) is 56.1 Å². The fraction of sp³-hybridized carbons (Fsp3) is 0.857. The van der Waals surface area contributed by atoms with Gasteiger partial charge >= 0.3 is 0 Å². The molecule has 0 amide bonds. The van der Waals surface area contributed by atoms with Crippen LogP contribution in [0.2, 0.25) is 0 Å². The Hall–Kier alpha value is -0.690. The van der Waals surface area contributed by atoms with E-state index in [9.17, 15) is 0 Å². The van der Waals surface area contributed by atoms with Crippen LogP contribution in [0.1, 0.15) is 0 Å². The average Bonchev–Trinajstić information content (AvgIpc) is 2.64. The predicted octanol–water partition coefficient (Wildman–Crippen LogP) is -0.190. The standard InChI is InChI=1S/C7H12BrN5O/c1-12-7(9-10-11-12)13-2-3-14-5-6(13)4-8/h6H,2-5H2,1H3. The van der Waals surface area contributed by atoms with Crippen molar-refractivity contribution >= 4 is 21.9 Å². The summed E-state index contributed by atoms with van der Waals surface area (Å²) in [7, 11) is 1.84. The van der Waals surface area contributed by atoms with Crippen LogP contribution in [0, 0.1) is 0 Å². The van der Waals surface area contributed by atoms with Crippen LogP contribution in [-0.2, 0) is 11.8 Å². The number of hydrogen-bond donors (Lipinski definition) is 0. The van der Waals surface area contributed by atoms with Gasteiger partial charge in [-0.2, -0.15) is 0 Å². The normalized spacial score (nSPS) is 22.7. The molecule has 0 radical (unpaired) electrons. The first-order valence-corrected chi connectivity index (χ1v) is 5.58. The van der Waals surface area contributed by atoms with Gasteiger partial charge in [0.25, 0.3) is 0 Å². The van der Waals surface area contributed by atoms with Gasteiger partial charge in [0.05, 0.1) is 19.3 Å². The Morgan fingerprint density at radius 1 is 1.64 bits per heavy atom. The Balaban J connectivity index is 2.19.